The van der Waals surface area contributed by atoms with Crippen molar-refractivity contribution < 1.29 is 14.5 Å². The smallest absolute Gasteiger partial charge is 0.355 e. The summed E-state index contributed by atoms with van der Waals surface area (Å²) in [5.74, 6) is -0.165. The van der Waals surface area contributed by atoms with E-state index < -0.39 is 4.92 Å². The molecule has 1 N–H and O–H groups in total. The molecule has 1 fully saturated rings. The molecular weight excluding hydrogens is 424 g/mol. The van der Waals surface area contributed by atoms with Gasteiger partial charge in [-0.1, -0.05) is 36.4 Å². The van der Waals surface area contributed by atoms with E-state index in [0.717, 1.165) is 11.4 Å². The lowest BCUT2D eigenvalue weighted by Gasteiger charge is -2.31. The second kappa shape index (κ2) is 9.94. The van der Waals surface area contributed by atoms with Crippen molar-refractivity contribution in [3.05, 3.63) is 77.1 Å². The van der Waals surface area contributed by atoms with Gasteiger partial charge in [0.2, 0.25) is 11.6 Å². The molecule has 0 radical (unpaired) electrons. The summed E-state index contributed by atoms with van der Waals surface area (Å²) in [4.78, 5) is 33.7. The fourth-order valence-corrected chi connectivity index (χ4v) is 3.88. The number of nitrogens with zero attached hydrogens (tertiary/aromatic N) is 5. The summed E-state index contributed by atoms with van der Waals surface area (Å²) in [6.07, 6.45) is 2.39. The van der Waals surface area contributed by atoms with Crippen molar-refractivity contribution >= 4 is 34.7 Å². The summed E-state index contributed by atoms with van der Waals surface area (Å²) < 4.78 is 4.83. The van der Waals surface area contributed by atoms with Crippen molar-refractivity contribution in [3.8, 4) is 0 Å². The highest BCUT2D eigenvalue weighted by Gasteiger charge is 2.32. The number of aromatic nitrogens is 2. The maximum absolute atomic E-state index is 12.1. The van der Waals surface area contributed by atoms with Crippen molar-refractivity contribution in [2.24, 2.45) is 5.92 Å². The molecule has 0 unspecified atom stereocenters. The molecule has 3 aromatic rings. The Bertz CT molecular complexity index is 1060. The lowest BCUT2D eigenvalue weighted by Crippen LogP contribution is -2.37. The van der Waals surface area contributed by atoms with Gasteiger partial charge in [-0.05, 0) is 37.1 Å². The highest BCUT2D eigenvalue weighted by molar-refractivity contribution is 5.76. The van der Waals surface area contributed by atoms with Gasteiger partial charge < -0.3 is 9.64 Å². The van der Waals surface area contributed by atoms with Crippen LogP contribution in [0.5, 0.6) is 0 Å². The van der Waals surface area contributed by atoms with Crippen molar-refractivity contribution in [2.45, 2.75) is 12.8 Å². The minimum atomic E-state index is -0.474. The molecular formula is C23H24N6O4. The number of rotatable bonds is 7. The number of para-hydroxylation sites is 2. The normalized spacial score (nSPS) is 13.9. The third-order valence-corrected chi connectivity index (χ3v) is 5.56. The molecule has 1 saturated heterocycles. The molecule has 0 amide bonds. The van der Waals surface area contributed by atoms with Crippen LogP contribution in [0.2, 0.25) is 0 Å². The highest BCUT2D eigenvalue weighted by atomic mass is 16.6. The molecule has 1 aromatic heterocycles. The van der Waals surface area contributed by atoms with Crippen LogP contribution >= 0.6 is 0 Å². The van der Waals surface area contributed by atoms with E-state index in [1.54, 1.807) is 5.01 Å². The summed E-state index contributed by atoms with van der Waals surface area (Å²) in [6, 6.07) is 18.9. The monoisotopic (exact) mass is 448 g/mol. The quantitative estimate of drug-likeness (QED) is 0.326. The van der Waals surface area contributed by atoms with Crippen LogP contribution in [-0.2, 0) is 9.53 Å². The number of piperidine rings is 1. The van der Waals surface area contributed by atoms with Crippen LogP contribution in [0.3, 0.4) is 0 Å². The summed E-state index contributed by atoms with van der Waals surface area (Å²) in [5.41, 5.74) is 4.48. The summed E-state index contributed by atoms with van der Waals surface area (Å²) in [5, 5.41) is 13.9. The van der Waals surface area contributed by atoms with E-state index in [9.17, 15) is 14.9 Å². The maximum Gasteiger partial charge on any atom is 0.355 e. The van der Waals surface area contributed by atoms with Gasteiger partial charge in [-0.15, -0.1) is 0 Å². The average Bonchev–Trinajstić information content (AvgIpc) is 2.87. The Labute approximate surface area is 191 Å². The van der Waals surface area contributed by atoms with Gasteiger partial charge in [0.15, 0.2) is 0 Å². The number of anilines is 4. The van der Waals surface area contributed by atoms with Crippen LogP contribution in [0.1, 0.15) is 12.8 Å². The molecule has 0 bridgehead atoms. The van der Waals surface area contributed by atoms with Gasteiger partial charge in [-0.3, -0.25) is 25.3 Å². The van der Waals surface area contributed by atoms with E-state index in [1.165, 1.54) is 13.4 Å². The summed E-state index contributed by atoms with van der Waals surface area (Å²) >= 11 is 0. The van der Waals surface area contributed by atoms with Crippen LogP contribution in [-0.4, -0.2) is 41.1 Å². The standard InChI is InChI=1S/C23H24N6O4/c1-33-23(30)17-12-14-27(15-13-17)22-20(29(31)32)21(24-16-25-22)26-28(18-8-4-2-5-9-18)19-10-6-3-7-11-19/h2-11,16-17H,12-15H2,1H3,(H,24,25,26). The molecule has 0 spiro atoms. The van der Waals surface area contributed by atoms with Gasteiger partial charge in [0.05, 0.1) is 29.3 Å². The number of ether oxygens (including phenoxy) is 1. The molecule has 10 nitrogen and oxygen atoms in total. The predicted octanol–water partition coefficient (Wildman–Crippen LogP) is 3.94. The van der Waals surface area contributed by atoms with Gasteiger partial charge in [-0.2, -0.15) is 0 Å². The number of carbonyl (C=O) groups excluding carboxylic acids is 1. The number of hydrogen-bond acceptors (Lipinski definition) is 9. The number of esters is 1. The number of hydrazine groups is 1. The Kier molecular flexibility index (Phi) is 6.63. The van der Waals surface area contributed by atoms with Crippen molar-refractivity contribution in [3.63, 3.8) is 0 Å². The minimum Gasteiger partial charge on any atom is -0.469 e. The summed E-state index contributed by atoms with van der Waals surface area (Å²) in [6.45, 7) is 0.913. The molecule has 2 heterocycles. The van der Waals surface area contributed by atoms with Gasteiger partial charge >= 0.3 is 11.7 Å². The zero-order chi connectivity index (χ0) is 23.2. The maximum atomic E-state index is 12.1. The van der Waals surface area contributed by atoms with Crippen LogP contribution in [0.4, 0.5) is 28.7 Å². The molecule has 0 atom stereocenters. The zero-order valence-corrected chi connectivity index (χ0v) is 18.1. The first-order chi connectivity index (χ1) is 16.1. The predicted molar refractivity (Wildman–Crippen MR) is 124 cm³/mol. The lowest BCUT2D eigenvalue weighted by atomic mass is 9.97. The van der Waals surface area contributed by atoms with E-state index in [0.29, 0.717) is 25.9 Å². The molecule has 10 heteroatoms. The lowest BCUT2D eigenvalue weighted by molar-refractivity contribution is -0.383. The number of methoxy groups -OCH3 is 1. The average molecular weight is 448 g/mol. The molecule has 1 aliphatic rings. The molecule has 33 heavy (non-hydrogen) atoms. The Morgan fingerprint density at radius 3 is 2.15 bits per heavy atom. The Morgan fingerprint density at radius 1 is 1.06 bits per heavy atom. The molecule has 4 rings (SSSR count). The first-order valence-electron chi connectivity index (χ1n) is 10.6. The van der Waals surface area contributed by atoms with Crippen molar-refractivity contribution in [1.82, 2.24) is 9.97 Å². The first-order valence-corrected chi connectivity index (χ1v) is 10.6. The largest absolute Gasteiger partial charge is 0.469 e. The number of nitro groups is 1. The fraction of sp³-hybridized carbons (Fsp3) is 0.261. The van der Waals surface area contributed by atoms with Crippen LogP contribution in [0.15, 0.2) is 67.0 Å². The third kappa shape index (κ3) is 4.84. The zero-order valence-electron chi connectivity index (χ0n) is 18.1. The molecule has 170 valence electrons. The van der Waals surface area contributed by atoms with E-state index in [2.05, 4.69) is 15.4 Å². The minimum absolute atomic E-state index is 0.0767. The SMILES string of the molecule is COC(=O)C1CCN(c2ncnc(NN(c3ccccc3)c3ccccc3)c2[N+](=O)[O-])CC1. The third-order valence-electron chi connectivity index (χ3n) is 5.56. The Hall–Kier alpha value is -4.21. The molecule has 1 aliphatic heterocycles. The number of nitrogens with one attached hydrogen (secondary N) is 1. The second-order valence-corrected chi connectivity index (χ2v) is 7.55. The van der Waals surface area contributed by atoms with Gasteiger partial charge in [0.1, 0.15) is 6.33 Å². The van der Waals surface area contributed by atoms with Crippen LogP contribution < -0.4 is 15.3 Å². The van der Waals surface area contributed by atoms with Gasteiger partial charge in [0, 0.05) is 13.1 Å². The van der Waals surface area contributed by atoms with E-state index in [1.807, 2.05) is 65.6 Å². The van der Waals surface area contributed by atoms with Crippen molar-refractivity contribution in [1.29, 1.82) is 0 Å². The molecule has 0 saturated carbocycles. The van der Waals surface area contributed by atoms with Gasteiger partial charge in [0.25, 0.3) is 0 Å². The van der Waals surface area contributed by atoms with Crippen LogP contribution in [0, 0.1) is 16.0 Å². The summed E-state index contributed by atoms with van der Waals surface area (Å²) in [7, 11) is 1.37. The van der Waals surface area contributed by atoms with Crippen LogP contribution in [0.25, 0.3) is 0 Å². The topological polar surface area (TPSA) is 114 Å². The Balaban J connectivity index is 1.67. The highest BCUT2D eigenvalue weighted by Crippen LogP contribution is 2.36. The molecule has 0 aliphatic carbocycles. The van der Waals surface area contributed by atoms with Crippen molar-refractivity contribution in [2.75, 3.05) is 35.5 Å². The fourth-order valence-electron chi connectivity index (χ4n) is 3.88. The van der Waals surface area contributed by atoms with E-state index >= 15 is 0 Å². The second-order valence-electron chi connectivity index (χ2n) is 7.55. The van der Waals surface area contributed by atoms with E-state index in [4.69, 9.17) is 4.74 Å². The number of benzene rings is 2. The van der Waals surface area contributed by atoms with E-state index in [-0.39, 0.29) is 29.2 Å². The number of hydrogen-bond donors (Lipinski definition) is 1. The first kappa shape index (κ1) is 22.0. The Morgan fingerprint density at radius 2 is 1.64 bits per heavy atom. The van der Waals surface area contributed by atoms with Gasteiger partial charge in [-0.25, -0.2) is 9.97 Å². The molecule has 2 aromatic carbocycles. The number of carbonyl (C=O) groups is 1.